The van der Waals surface area contributed by atoms with Gasteiger partial charge in [0.1, 0.15) is 6.04 Å². The zero-order valence-electron chi connectivity index (χ0n) is 12.0. The summed E-state index contributed by atoms with van der Waals surface area (Å²) in [7, 11) is 0. The standard InChI is InChI=1S/C14H24N2O3/c1-14(2,3)15-13(19)16-10-7-5-4-6-9(10)8-11(16)12(17)18/h9-11H,4-8H2,1-3H3,(H,15,19)(H,17,18). The number of carbonyl (C=O) groups is 2. The fourth-order valence-electron chi connectivity index (χ4n) is 3.36. The van der Waals surface area contributed by atoms with E-state index < -0.39 is 12.0 Å². The van der Waals surface area contributed by atoms with Gasteiger partial charge in [0.05, 0.1) is 0 Å². The van der Waals surface area contributed by atoms with Crippen molar-refractivity contribution in [2.45, 2.75) is 70.5 Å². The molecule has 3 atom stereocenters. The van der Waals surface area contributed by atoms with Crippen molar-refractivity contribution in [2.75, 3.05) is 0 Å². The number of nitrogens with zero attached hydrogens (tertiary/aromatic N) is 1. The number of hydrogen-bond donors (Lipinski definition) is 2. The Morgan fingerprint density at radius 1 is 1.21 bits per heavy atom. The van der Waals surface area contributed by atoms with Gasteiger partial charge in [-0.15, -0.1) is 0 Å². The molecular formula is C14H24N2O3. The van der Waals surface area contributed by atoms with Crippen LogP contribution in [0.15, 0.2) is 0 Å². The van der Waals surface area contributed by atoms with Crippen LogP contribution in [0.1, 0.15) is 52.9 Å². The molecule has 2 rings (SSSR count). The Hall–Kier alpha value is -1.26. The zero-order valence-corrected chi connectivity index (χ0v) is 12.0. The van der Waals surface area contributed by atoms with Gasteiger partial charge >= 0.3 is 12.0 Å². The Morgan fingerprint density at radius 3 is 2.42 bits per heavy atom. The van der Waals surface area contributed by atoms with Crippen LogP contribution in [0, 0.1) is 5.92 Å². The van der Waals surface area contributed by atoms with Crippen molar-refractivity contribution in [3.8, 4) is 0 Å². The molecule has 2 aliphatic rings. The molecule has 0 aromatic rings. The molecule has 108 valence electrons. The maximum absolute atomic E-state index is 12.4. The van der Waals surface area contributed by atoms with E-state index >= 15 is 0 Å². The number of urea groups is 1. The molecule has 2 fully saturated rings. The first-order valence-electron chi connectivity index (χ1n) is 7.13. The van der Waals surface area contributed by atoms with Crippen LogP contribution in [-0.2, 0) is 4.79 Å². The molecule has 2 N–H and O–H groups in total. The molecule has 2 amide bonds. The Labute approximate surface area is 114 Å². The molecule has 1 saturated heterocycles. The maximum Gasteiger partial charge on any atom is 0.326 e. The van der Waals surface area contributed by atoms with E-state index in [1.165, 1.54) is 0 Å². The van der Waals surface area contributed by atoms with Crippen LogP contribution in [-0.4, -0.2) is 39.6 Å². The molecule has 0 bridgehead atoms. The topological polar surface area (TPSA) is 69.6 Å². The van der Waals surface area contributed by atoms with Gasteiger partial charge in [-0.1, -0.05) is 12.8 Å². The van der Waals surface area contributed by atoms with Crippen molar-refractivity contribution in [2.24, 2.45) is 5.92 Å². The largest absolute Gasteiger partial charge is 0.480 e. The summed E-state index contributed by atoms with van der Waals surface area (Å²) < 4.78 is 0. The molecule has 5 nitrogen and oxygen atoms in total. The van der Waals surface area contributed by atoms with Gasteiger partial charge < -0.3 is 15.3 Å². The average molecular weight is 268 g/mol. The lowest BCUT2D eigenvalue weighted by molar-refractivity contribution is -0.141. The van der Waals surface area contributed by atoms with Gasteiger partial charge in [0.25, 0.3) is 0 Å². The quantitative estimate of drug-likeness (QED) is 0.766. The minimum Gasteiger partial charge on any atom is -0.480 e. The molecule has 3 unspecified atom stereocenters. The summed E-state index contributed by atoms with van der Waals surface area (Å²) in [6, 6.07) is -0.776. The van der Waals surface area contributed by atoms with Gasteiger partial charge in [0.2, 0.25) is 0 Å². The molecule has 0 aromatic heterocycles. The van der Waals surface area contributed by atoms with Gasteiger partial charge in [0, 0.05) is 11.6 Å². The van der Waals surface area contributed by atoms with E-state index in [4.69, 9.17) is 0 Å². The van der Waals surface area contributed by atoms with Gasteiger partial charge in [0.15, 0.2) is 0 Å². The van der Waals surface area contributed by atoms with E-state index in [2.05, 4.69) is 5.32 Å². The first kappa shape index (κ1) is 14.2. The van der Waals surface area contributed by atoms with Crippen LogP contribution >= 0.6 is 0 Å². The Bertz CT molecular complexity index is 375. The van der Waals surface area contributed by atoms with E-state index in [9.17, 15) is 14.7 Å². The Balaban J connectivity index is 2.17. The number of rotatable bonds is 1. The van der Waals surface area contributed by atoms with Crippen molar-refractivity contribution in [3.05, 3.63) is 0 Å². The Morgan fingerprint density at radius 2 is 1.84 bits per heavy atom. The van der Waals surface area contributed by atoms with Crippen LogP contribution in [0.3, 0.4) is 0 Å². The predicted octanol–water partition coefficient (Wildman–Crippen LogP) is 2.21. The van der Waals surface area contributed by atoms with Crippen molar-refractivity contribution >= 4 is 12.0 Å². The van der Waals surface area contributed by atoms with Crippen LogP contribution in [0.25, 0.3) is 0 Å². The van der Waals surface area contributed by atoms with Crippen LogP contribution in [0.4, 0.5) is 4.79 Å². The third kappa shape index (κ3) is 3.01. The predicted molar refractivity (Wildman–Crippen MR) is 71.9 cm³/mol. The first-order chi connectivity index (χ1) is 8.79. The van der Waals surface area contributed by atoms with Crippen molar-refractivity contribution in [3.63, 3.8) is 0 Å². The number of hydrogen-bond acceptors (Lipinski definition) is 2. The van der Waals surface area contributed by atoms with E-state index in [1.807, 2.05) is 20.8 Å². The normalized spacial score (nSPS) is 30.9. The smallest absolute Gasteiger partial charge is 0.326 e. The molecule has 1 aliphatic carbocycles. The summed E-state index contributed by atoms with van der Waals surface area (Å²) in [4.78, 5) is 25.4. The minimum absolute atomic E-state index is 0.109. The number of aliphatic carboxylic acids is 1. The second-order valence-corrected chi connectivity index (χ2v) is 6.79. The van der Waals surface area contributed by atoms with Crippen LogP contribution in [0.5, 0.6) is 0 Å². The van der Waals surface area contributed by atoms with E-state index in [0.29, 0.717) is 12.3 Å². The zero-order chi connectivity index (χ0) is 14.2. The highest BCUT2D eigenvalue weighted by atomic mass is 16.4. The third-order valence-corrected chi connectivity index (χ3v) is 4.09. The van der Waals surface area contributed by atoms with Gasteiger partial charge in [-0.3, -0.25) is 0 Å². The summed E-state index contributed by atoms with van der Waals surface area (Å²) in [5.74, 6) is -0.515. The fourth-order valence-corrected chi connectivity index (χ4v) is 3.36. The van der Waals surface area contributed by atoms with Crippen molar-refractivity contribution < 1.29 is 14.7 Å². The lowest BCUT2D eigenvalue weighted by Crippen LogP contribution is -2.54. The lowest BCUT2D eigenvalue weighted by Gasteiger charge is -2.35. The second-order valence-electron chi connectivity index (χ2n) is 6.79. The monoisotopic (exact) mass is 268 g/mol. The molecular weight excluding hydrogens is 244 g/mol. The SMILES string of the molecule is CC(C)(C)NC(=O)N1C(C(=O)O)CC2CCCCC21. The summed E-state index contributed by atoms with van der Waals surface area (Å²) in [5.41, 5.74) is -0.340. The highest BCUT2D eigenvalue weighted by Crippen LogP contribution is 2.39. The number of nitrogens with one attached hydrogen (secondary N) is 1. The Kier molecular flexibility index (Phi) is 3.74. The van der Waals surface area contributed by atoms with Crippen molar-refractivity contribution in [1.82, 2.24) is 10.2 Å². The van der Waals surface area contributed by atoms with Crippen molar-refractivity contribution in [1.29, 1.82) is 0 Å². The average Bonchev–Trinajstić information content (AvgIpc) is 2.65. The van der Waals surface area contributed by atoms with E-state index in [0.717, 1.165) is 25.7 Å². The molecule has 0 radical (unpaired) electrons. The summed E-state index contributed by atoms with van der Waals surface area (Å²) >= 11 is 0. The first-order valence-corrected chi connectivity index (χ1v) is 7.13. The molecule has 1 aliphatic heterocycles. The van der Waals surface area contributed by atoms with Gasteiger partial charge in [-0.25, -0.2) is 9.59 Å². The minimum atomic E-state index is -0.876. The highest BCUT2D eigenvalue weighted by Gasteiger charge is 2.47. The highest BCUT2D eigenvalue weighted by molar-refractivity contribution is 5.84. The second kappa shape index (κ2) is 5.02. The van der Waals surface area contributed by atoms with E-state index in [-0.39, 0.29) is 17.6 Å². The summed E-state index contributed by atoms with van der Waals surface area (Å²) in [6.45, 7) is 5.74. The number of carboxylic acids is 1. The molecule has 1 saturated carbocycles. The fraction of sp³-hybridized carbons (Fsp3) is 0.857. The number of carbonyl (C=O) groups excluding carboxylic acids is 1. The molecule has 0 aromatic carbocycles. The summed E-state index contributed by atoms with van der Waals surface area (Å²) in [6.07, 6.45) is 4.84. The molecule has 5 heteroatoms. The van der Waals surface area contributed by atoms with Gasteiger partial charge in [-0.05, 0) is 46.0 Å². The lowest BCUT2D eigenvalue weighted by atomic mass is 9.85. The third-order valence-electron chi connectivity index (χ3n) is 4.09. The summed E-state index contributed by atoms with van der Waals surface area (Å²) in [5, 5.41) is 12.3. The van der Waals surface area contributed by atoms with Crippen LogP contribution < -0.4 is 5.32 Å². The molecule has 19 heavy (non-hydrogen) atoms. The molecule has 0 spiro atoms. The van der Waals surface area contributed by atoms with Crippen LogP contribution in [0.2, 0.25) is 0 Å². The number of fused-ring (bicyclic) bond motifs is 1. The molecule has 1 heterocycles. The number of likely N-dealkylation sites (tertiary alicyclic amines) is 1. The number of amides is 2. The number of carboxylic acid groups (broad SMARTS) is 1. The van der Waals surface area contributed by atoms with Gasteiger partial charge in [-0.2, -0.15) is 0 Å². The van der Waals surface area contributed by atoms with E-state index in [1.54, 1.807) is 4.90 Å². The maximum atomic E-state index is 12.4.